The van der Waals surface area contributed by atoms with Crippen LogP contribution in [0.2, 0.25) is 0 Å². The molecule has 0 spiro atoms. The number of benzene rings is 1. The summed E-state index contributed by atoms with van der Waals surface area (Å²) in [6.07, 6.45) is -0.423. The molecule has 1 aromatic carbocycles. The van der Waals surface area contributed by atoms with Gasteiger partial charge in [-0.25, -0.2) is 4.79 Å². The number of hydrogen-bond donors (Lipinski definition) is 0. The van der Waals surface area contributed by atoms with Gasteiger partial charge in [0.05, 0.1) is 18.0 Å². The first-order chi connectivity index (χ1) is 11.5. The number of esters is 1. The van der Waals surface area contributed by atoms with E-state index in [1.54, 1.807) is 18.7 Å². The van der Waals surface area contributed by atoms with E-state index in [1.165, 1.54) is 6.92 Å². The molecular weight excluding hydrogens is 308 g/mol. The summed E-state index contributed by atoms with van der Waals surface area (Å²) < 4.78 is 11.2. The van der Waals surface area contributed by atoms with Crippen LogP contribution in [0, 0.1) is 0 Å². The van der Waals surface area contributed by atoms with Crippen molar-refractivity contribution in [1.82, 2.24) is 0 Å². The first-order valence-electron chi connectivity index (χ1n) is 8.21. The third-order valence-electron chi connectivity index (χ3n) is 4.45. The molecule has 2 atom stereocenters. The molecule has 0 N–H and O–H groups in total. The van der Waals surface area contributed by atoms with Crippen molar-refractivity contribution in [3.8, 4) is 0 Å². The van der Waals surface area contributed by atoms with E-state index in [2.05, 4.69) is 4.90 Å². The fourth-order valence-corrected chi connectivity index (χ4v) is 3.54. The van der Waals surface area contributed by atoms with Crippen LogP contribution >= 0.6 is 0 Å². The highest BCUT2D eigenvalue weighted by Gasteiger charge is 2.50. The zero-order chi connectivity index (χ0) is 17.4. The maximum absolute atomic E-state index is 12.5. The molecule has 2 heterocycles. The van der Waals surface area contributed by atoms with Gasteiger partial charge in [-0.3, -0.25) is 9.69 Å². The highest BCUT2D eigenvalue weighted by Crippen LogP contribution is 2.44. The molecule has 0 radical (unpaired) electrons. The van der Waals surface area contributed by atoms with E-state index < -0.39 is 18.2 Å². The van der Waals surface area contributed by atoms with E-state index in [4.69, 9.17) is 9.47 Å². The summed E-state index contributed by atoms with van der Waals surface area (Å²) in [6, 6.07) is 7.18. The fourth-order valence-electron chi connectivity index (χ4n) is 3.54. The molecule has 0 saturated carbocycles. The van der Waals surface area contributed by atoms with Crippen LogP contribution in [0.3, 0.4) is 0 Å². The molecule has 0 aromatic heterocycles. The number of nitrogens with zero attached hydrogens (tertiary/aromatic N) is 2. The molecule has 128 valence electrons. The molecule has 2 unspecified atom stereocenters. The van der Waals surface area contributed by atoms with Gasteiger partial charge in [0, 0.05) is 13.5 Å². The Labute approximate surface area is 141 Å². The fraction of sp³-hybridized carbons (Fsp3) is 0.444. The number of para-hydroxylation sites is 2. The number of likely N-dealkylation sites (N-methyl/N-ethyl adjacent to an activating group) is 1. The molecule has 2 aliphatic rings. The van der Waals surface area contributed by atoms with Crippen molar-refractivity contribution in [2.45, 2.75) is 40.0 Å². The Morgan fingerprint density at radius 2 is 1.88 bits per heavy atom. The maximum Gasteiger partial charge on any atom is 0.339 e. The average Bonchev–Trinajstić information content (AvgIpc) is 2.88. The molecular formula is C18H22N2O4. The minimum atomic E-state index is -0.503. The number of rotatable bonds is 3. The average molecular weight is 330 g/mol. The number of allylic oxidation sites excluding steroid dienone is 1. The molecule has 6 heteroatoms. The predicted octanol–water partition coefficient (Wildman–Crippen LogP) is 2.44. The first kappa shape index (κ1) is 16.4. The summed E-state index contributed by atoms with van der Waals surface area (Å²) in [4.78, 5) is 28.6. The van der Waals surface area contributed by atoms with Crippen LogP contribution < -0.4 is 9.80 Å². The van der Waals surface area contributed by atoms with E-state index in [0.717, 1.165) is 11.4 Å². The Kier molecular flexibility index (Phi) is 4.22. The normalized spacial score (nSPS) is 22.0. The lowest BCUT2D eigenvalue weighted by Gasteiger charge is -2.45. The van der Waals surface area contributed by atoms with E-state index in [9.17, 15) is 9.59 Å². The van der Waals surface area contributed by atoms with Crippen LogP contribution in [0.15, 0.2) is 35.6 Å². The highest BCUT2D eigenvalue weighted by molar-refractivity contribution is 6.02. The third-order valence-corrected chi connectivity index (χ3v) is 4.45. The highest BCUT2D eigenvalue weighted by atomic mass is 16.5. The second-order valence-corrected chi connectivity index (χ2v) is 5.81. The Morgan fingerprint density at radius 1 is 1.21 bits per heavy atom. The summed E-state index contributed by atoms with van der Waals surface area (Å²) in [5, 5.41) is 0. The van der Waals surface area contributed by atoms with E-state index >= 15 is 0 Å². The molecule has 0 bridgehead atoms. The molecule has 0 fully saturated rings. The van der Waals surface area contributed by atoms with Crippen LogP contribution in [0.5, 0.6) is 0 Å². The van der Waals surface area contributed by atoms with Crippen molar-refractivity contribution >= 4 is 23.3 Å². The molecule has 2 aliphatic heterocycles. The van der Waals surface area contributed by atoms with Crippen molar-refractivity contribution in [3.63, 3.8) is 0 Å². The second kappa shape index (κ2) is 6.19. The summed E-state index contributed by atoms with van der Waals surface area (Å²) in [6.45, 7) is 8.03. The number of anilines is 2. The molecule has 0 saturated heterocycles. The topological polar surface area (TPSA) is 59.1 Å². The summed E-state index contributed by atoms with van der Waals surface area (Å²) in [5.74, 6) is -0.0431. The lowest BCUT2D eigenvalue weighted by atomic mass is 9.98. The van der Waals surface area contributed by atoms with Crippen molar-refractivity contribution < 1.29 is 19.1 Å². The number of amides is 1. The van der Waals surface area contributed by atoms with Gasteiger partial charge < -0.3 is 14.4 Å². The van der Waals surface area contributed by atoms with Gasteiger partial charge in [-0.1, -0.05) is 12.1 Å². The molecule has 24 heavy (non-hydrogen) atoms. The van der Waals surface area contributed by atoms with E-state index in [-0.39, 0.29) is 12.5 Å². The number of carbonyl (C=O) groups excluding carboxylic acids is 2. The van der Waals surface area contributed by atoms with Gasteiger partial charge in [0.2, 0.25) is 5.91 Å². The van der Waals surface area contributed by atoms with Gasteiger partial charge in [0.25, 0.3) is 0 Å². The van der Waals surface area contributed by atoms with Gasteiger partial charge in [-0.05, 0) is 32.9 Å². The van der Waals surface area contributed by atoms with Crippen LogP contribution in [-0.4, -0.2) is 37.3 Å². The summed E-state index contributed by atoms with van der Waals surface area (Å²) in [5.41, 5.74) is 2.13. The lowest BCUT2D eigenvalue weighted by molar-refractivity contribution is -0.138. The number of hydrogen-bond acceptors (Lipinski definition) is 5. The van der Waals surface area contributed by atoms with Crippen LogP contribution in [0.1, 0.15) is 27.7 Å². The van der Waals surface area contributed by atoms with Gasteiger partial charge in [-0.2, -0.15) is 0 Å². The smallest absolute Gasteiger partial charge is 0.339 e. The van der Waals surface area contributed by atoms with Crippen LogP contribution in [0.25, 0.3) is 0 Å². The monoisotopic (exact) mass is 330 g/mol. The summed E-state index contributed by atoms with van der Waals surface area (Å²) >= 11 is 0. The standard InChI is InChI=1S/C18H22N2O4/c1-5-19-13-9-7-8-10-14(13)20(12(4)21)16-15(18(22)23-6-2)11(3)24-17(16)19/h7-10,16-17H,5-6H2,1-4H3. The quantitative estimate of drug-likeness (QED) is 0.797. The largest absolute Gasteiger partial charge is 0.472 e. The molecule has 0 aliphatic carbocycles. The van der Waals surface area contributed by atoms with Crippen molar-refractivity contribution in [2.75, 3.05) is 23.0 Å². The number of fused-ring (bicyclic) bond motifs is 2. The zero-order valence-corrected chi connectivity index (χ0v) is 14.4. The minimum absolute atomic E-state index is 0.131. The van der Waals surface area contributed by atoms with Crippen LogP contribution in [-0.2, 0) is 19.1 Å². The SMILES string of the molecule is CCOC(=O)C1=C(C)OC2C1N(C(C)=O)c1ccccc1N2CC. The van der Waals surface area contributed by atoms with Crippen molar-refractivity contribution in [1.29, 1.82) is 0 Å². The predicted molar refractivity (Wildman–Crippen MR) is 90.6 cm³/mol. The van der Waals surface area contributed by atoms with Crippen molar-refractivity contribution in [3.05, 3.63) is 35.6 Å². The van der Waals surface area contributed by atoms with E-state index in [0.29, 0.717) is 17.9 Å². The van der Waals surface area contributed by atoms with Crippen LogP contribution in [0.4, 0.5) is 11.4 Å². The number of carbonyl (C=O) groups is 2. The minimum Gasteiger partial charge on any atom is -0.472 e. The summed E-state index contributed by atoms with van der Waals surface area (Å²) in [7, 11) is 0. The Hall–Kier alpha value is -2.50. The zero-order valence-electron chi connectivity index (χ0n) is 14.4. The number of ether oxygens (including phenoxy) is 2. The Balaban J connectivity index is 2.15. The third kappa shape index (κ3) is 2.33. The Morgan fingerprint density at radius 3 is 2.46 bits per heavy atom. The van der Waals surface area contributed by atoms with Gasteiger partial charge in [0.15, 0.2) is 6.23 Å². The molecule has 1 aromatic rings. The van der Waals surface area contributed by atoms with Gasteiger partial charge in [-0.15, -0.1) is 0 Å². The van der Waals surface area contributed by atoms with Crippen molar-refractivity contribution in [2.24, 2.45) is 0 Å². The maximum atomic E-state index is 12.5. The first-order valence-corrected chi connectivity index (χ1v) is 8.21. The lowest BCUT2D eigenvalue weighted by Crippen LogP contribution is -2.57. The van der Waals surface area contributed by atoms with Gasteiger partial charge >= 0.3 is 5.97 Å². The second-order valence-electron chi connectivity index (χ2n) is 5.81. The molecule has 6 nitrogen and oxygen atoms in total. The Bertz CT molecular complexity index is 713. The molecule has 3 rings (SSSR count). The molecule has 1 amide bonds. The van der Waals surface area contributed by atoms with E-state index in [1.807, 2.05) is 31.2 Å². The van der Waals surface area contributed by atoms with Gasteiger partial charge in [0.1, 0.15) is 17.4 Å².